The lowest BCUT2D eigenvalue weighted by Gasteiger charge is -2.48. The van der Waals surface area contributed by atoms with E-state index < -0.39 is 18.6 Å². The number of hydrogen-bond acceptors (Lipinski definition) is 7. The van der Waals surface area contributed by atoms with Crippen molar-refractivity contribution in [3.05, 3.63) is 65.2 Å². The molecule has 3 aromatic carbocycles. The number of halogens is 2. The molecular weight excluding hydrogens is 626 g/mol. The normalized spacial score (nSPS) is 20.3. The number of carboxylic acid groups (broad SMARTS) is 1. The number of oxazole rings is 1. The number of aromatic nitrogens is 1. The number of benzene rings is 3. The molecule has 0 spiro atoms. The predicted molar refractivity (Wildman–Crippen MR) is 187 cm³/mol. The fourth-order valence-electron chi connectivity index (χ4n) is 8.39. The number of nitrogens with zero attached hydrogens (tertiary/aromatic N) is 4. The smallest absolute Gasteiger partial charge is 0.387 e. The van der Waals surface area contributed by atoms with Crippen LogP contribution in [0.1, 0.15) is 56.2 Å². The van der Waals surface area contributed by atoms with Gasteiger partial charge < -0.3 is 24.1 Å². The van der Waals surface area contributed by atoms with Crippen molar-refractivity contribution in [2.45, 2.75) is 72.6 Å². The third-order valence-corrected chi connectivity index (χ3v) is 10.7. The van der Waals surface area contributed by atoms with E-state index in [4.69, 9.17) is 14.1 Å². The molecule has 1 N–H and O–H groups in total. The summed E-state index contributed by atoms with van der Waals surface area (Å²) >= 11 is 0. The molecule has 3 aliphatic rings. The summed E-state index contributed by atoms with van der Waals surface area (Å²) in [5, 5.41) is 9.64. The maximum atomic E-state index is 13.4. The lowest BCUT2D eigenvalue weighted by Crippen LogP contribution is -2.54. The summed E-state index contributed by atoms with van der Waals surface area (Å²) in [5.74, 6) is 0.191. The summed E-state index contributed by atoms with van der Waals surface area (Å²) in [6.07, 6.45) is 3.66. The monoisotopic (exact) mass is 672 g/mol. The average Bonchev–Trinajstić information content (AvgIpc) is 3.68. The number of aliphatic carboxylic acids is 1. The average molecular weight is 673 g/mol. The first-order chi connectivity index (χ1) is 23.5. The summed E-state index contributed by atoms with van der Waals surface area (Å²) in [6.45, 7) is 12.4. The maximum absolute atomic E-state index is 13.4. The number of fused-ring (bicyclic) bond motifs is 1. The highest BCUT2D eigenvalue weighted by atomic mass is 19.3. The molecule has 49 heavy (non-hydrogen) atoms. The van der Waals surface area contributed by atoms with Crippen LogP contribution < -0.4 is 9.64 Å². The number of piperidine rings is 1. The Morgan fingerprint density at radius 1 is 1.00 bits per heavy atom. The van der Waals surface area contributed by atoms with Gasteiger partial charge in [-0.1, -0.05) is 38.1 Å². The minimum atomic E-state index is -3.03. The third-order valence-electron chi connectivity index (χ3n) is 10.7. The molecule has 0 bridgehead atoms. The Balaban J connectivity index is 1.13. The molecule has 0 saturated carbocycles. The van der Waals surface area contributed by atoms with Crippen LogP contribution in [0.3, 0.4) is 0 Å². The molecule has 8 nitrogen and oxygen atoms in total. The Morgan fingerprint density at radius 3 is 2.39 bits per heavy atom. The van der Waals surface area contributed by atoms with Crippen LogP contribution in [0.25, 0.3) is 33.7 Å². The molecule has 3 fully saturated rings. The second-order valence-corrected chi connectivity index (χ2v) is 15.0. The van der Waals surface area contributed by atoms with Crippen molar-refractivity contribution < 1.29 is 27.8 Å². The third kappa shape index (κ3) is 6.90. The number of hydrogen-bond donors (Lipinski definition) is 1. The summed E-state index contributed by atoms with van der Waals surface area (Å²) in [7, 11) is 0. The summed E-state index contributed by atoms with van der Waals surface area (Å²) in [4.78, 5) is 23.5. The van der Waals surface area contributed by atoms with Gasteiger partial charge in [0.25, 0.3) is 0 Å². The molecule has 260 valence electrons. The summed E-state index contributed by atoms with van der Waals surface area (Å²) < 4.78 is 38.0. The van der Waals surface area contributed by atoms with Crippen LogP contribution in [0, 0.1) is 25.2 Å². The van der Waals surface area contributed by atoms with E-state index in [0.29, 0.717) is 40.9 Å². The molecule has 4 aromatic rings. The Kier molecular flexibility index (Phi) is 9.13. The van der Waals surface area contributed by atoms with Gasteiger partial charge in [-0.25, -0.2) is 4.98 Å². The zero-order chi connectivity index (χ0) is 34.4. The fourth-order valence-corrected chi connectivity index (χ4v) is 8.39. The minimum absolute atomic E-state index is 0.0346. The quantitative estimate of drug-likeness (QED) is 0.182. The van der Waals surface area contributed by atoms with Crippen molar-refractivity contribution in [3.63, 3.8) is 0 Å². The second kappa shape index (κ2) is 13.4. The SMILES string of the molecule is Cc1c(-c2nc3cc(CN4CCC[C@H]4C(=O)O)c(OC(F)F)cc3o2)cccc1-c1cccc(N2CCC(CN3CC(C)(C)C3)CC2)c1C. The van der Waals surface area contributed by atoms with E-state index in [9.17, 15) is 18.7 Å². The Bertz CT molecular complexity index is 1840. The second-order valence-electron chi connectivity index (χ2n) is 15.0. The zero-order valence-corrected chi connectivity index (χ0v) is 28.8. The maximum Gasteiger partial charge on any atom is 0.387 e. The standard InChI is InChI=1S/C39H46F2N4O4/c1-24-28(29-9-6-11-32(25(29)2)44-16-13-26(14-17-44)20-43-22-39(3,4)23-43)8-5-10-30(24)36-42-31-18-27(21-45-15-7-12-33(45)37(46)47)34(49-38(40)41)19-35(31)48-36/h5-6,8-11,18-19,26,33,38H,7,12-17,20-23H2,1-4H3,(H,46,47)/t33-/m0/s1. The Labute approximate surface area is 286 Å². The van der Waals surface area contributed by atoms with Gasteiger partial charge >= 0.3 is 12.6 Å². The molecular formula is C39H46F2N4O4. The molecule has 0 unspecified atom stereocenters. The summed E-state index contributed by atoms with van der Waals surface area (Å²) in [5.41, 5.74) is 8.33. The molecule has 4 heterocycles. The molecule has 3 aliphatic heterocycles. The molecule has 0 aliphatic carbocycles. The van der Waals surface area contributed by atoms with Gasteiger partial charge in [-0.05, 0) is 97.9 Å². The van der Waals surface area contributed by atoms with E-state index in [0.717, 1.165) is 47.7 Å². The predicted octanol–water partition coefficient (Wildman–Crippen LogP) is 7.99. The lowest BCUT2D eigenvalue weighted by molar-refractivity contribution is -0.142. The van der Waals surface area contributed by atoms with E-state index in [1.807, 2.05) is 12.1 Å². The largest absolute Gasteiger partial charge is 0.480 e. The van der Waals surface area contributed by atoms with Crippen LogP contribution in [0.5, 0.6) is 5.75 Å². The number of alkyl halides is 2. The molecule has 1 atom stereocenters. The van der Waals surface area contributed by atoms with Crippen molar-refractivity contribution in [2.24, 2.45) is 11.3 Å². The first-order valence-electron chi connectivity index (χ1n) is 17.5. The van der Waals surface area contributed by atoms with E-state index in [1.54, 1.807) is 11.0 Å². The molecule has 3 saturated heterocycles. The number of anilines is 1. The first kappa shape index (κ1) is 33.5. The van der Waals surface area contributed by atoms with Gasteiger partial charge in [0.1, 0.15) is 17.3 Å². The minimum Gasteiger partial charge on any atom is -0.480 e. The number of ether oxygens (including phenoxy) is 1. The van der Waals surface area contributed by atoms with Gasteiger partial charge in [-0.2, -0.15) is 8.78 Å². The van der Waals surface area contributed by atoms with Gasteiger partial charge in [-0.15, -0.1) is 0 Å². The Hall–Kier alpha value is -4.02. The van der Waals surface area contributed by atoms with Crippen LogP contribution >= 0.6 is 0 Å². The number of likely N-dealkylation sites (tertiary alicyclic amines) is 2. The number of carboxylic acids is 1. The van der Waals surface area contributed by atoms with Gasteiger partial charge in [0.15, 0.2) is 5.58 Å². The first-order valence-corrected chi connectivity index (χ1v) is 17.5. The van der Waals surface area contributed by atoms with Gasteiger partial charge in [0, 0.05) is 62.1 Å². The topological polar surface area (TPSA) is 82.3 Å². The van der Waals surface area contributed by atoms with E-state index in [1.165, 1.54) is 49.8 Å². The number of rotatable bonds is 10. The van der Waals surface area contributed by atoms with E-state index in [-0.39, 0.29) is 12.3 Å². The number of carbonyl (C=O) groups is 1. The zero-order valence-electron chi connectivity index (χ0n) is 28.8. The van der Waals surface area contributed by atoms with Crippen molar-refractivity contribution in [1.82, 2.24) is 14.8 Å². The summed E-state index contributed by atoms with van der Waals surface area (Å²) in [6, 6.07) is 15.1. The lowest BCUT2D eigenvalue weighted by atomic mass is 9.83. The molecule has 1 aromatic heterocycles. The molecule has 10 heteroatoms. The van der Waals surface area contributed by atoms with E-state index >= 15 is 0 Å². The van der Waals surface area contributed by atoms with Crippen molar-refractivity contribution in [3.8, 4) is 28.3 Å². The van der Waals surface area contributed by atoms with Gasteiger partial charge in [0.05, 0.1) is 0 Å². The van der Waals surface area contributed by atoms with Gasteiger partial charge in [0.2, 0.25) is 5.89 Å². The molecule has 7 rings (SSSR count). The van der Waals surface area contributed by atoms with E-state index in [2.05, 4.69) is 61.8 Å². The fraction of sp³-hybridized carbons (Fsp3) is 0.487. The van der Waals surface area contributed by atoms with Gasteiger partial charge in [-0.3, -0.25) is 9.69 Å². The Morgan fingerprint density at radius 2 is 1.69 bits per heavy atom. The van der Waals surface area contributed by atoms with Crippen molar-refractivity contribution >= 4 is 22.8 Å². The van der Waals surface area contributed by atoms with Crippen molar-refractivity contribution in [1.29, 1.82) is 0 Å². The van der Waals surface area contributed by atoms with Crippen LogP contribution in [0.4, 0.5) is 14.5 Å². The molecule has 0 amide bonds. The van der Waals surface area contributed by atoms with Crippen LogP contribution in [0.2, 0.25) is 0 Å². The van der Waals surface area contributed by atoms with Crippen LogP contribution in [-0.2, 0) is 11.3 Å². The van der Waals surface area contributed by atoms with Crippen LogP contribution in [-0.4, -0.2) is 77.8 Å². The molecule has 0 radical (unpaired) electrons. The van der Waals surface area contributed by atoms with Crippen molar-refractivity contribution in [2.75, 3.05) is 44.2 Å². The van der Waals surface area contributed by atoms with Crippen LogP contribution in [0.15, 0.2) is 52.9 Å². The highest BCUT2D eigenvalue weighted by Crippen LogP contribution is 2.39. The highest BCUT2D eigenvalue weighted by molar-refractivity contribution is 5.84. The highest BCUT2D eigenvalue weighted by Gasteiger charge is 2.36.